The molecule has 0 fully saturated rings. The van der Waals surface area contributed by atoms with Crippen molar-refractivity contribution in [2.24, 2.45) is 5.73 Å². The molecule has 0 radical (unpaired) electrons. The number of rotatable bonds is 1. The summed E-state index contributed by atoms with van der Waals surface area (Å²) >= 11 is 5.98. The minimum atomic E-state index is 0.559. The number of aryl methyl sites for hydroxylation is 1. The van der Waals surface area contributed by atoms with Crippen molar-refractivity contribution in [3.05, 3.63) is 34.5 Å². The van der Waals surface area contributed by atoms with E-state index in [0.29, 0.717) is 6.54 Å². The number of aromatic nitrogens is 1. The fraction of sp³-hybridized carbons (Fsp3) is 0.200. The summed E-state index contributed by atoms with van der Waals surface area (Å²) in [6, 6.07) is 4.12. The molecule has 0 saturated heterocycles. The van der Waals surface area contributed by atoms with E-state index in [0.717, 1.165) is 21.5 Å². The second-order valence-electron chi connectivity index (χ2n) is 3.17. The van der Waals surface area contributed by atoms with Crippen LogP contribution < -0.4 is 5.73 Å². The summed E-state index contributed by atoms with van der Waals surface area (Å²) in [6.45, 7) is 2.61. The molecule has 68 valence electrons. The topological polar surface area (TPSA) is 41.8 Å². The van der Waals surface area contributed by atoms with Crippen LogP contribution >= 0.6 is 11.6 Å². The number of hydrogen-bond donors (Lipinski definition) is 2. The van der Waals surface area contributed by atoms with Crippen molar-refractivity contribution in [2.45, 2.75) is 13.5 Å². The lowest BCUT2D eigenvalue weighted by atomic mass is 10.1. The molecule has 13 heavy (non-hydrogen) atoms. The van der Waals surface area contributed by atoms with E-state index in [4.69, 9.17) is 17.3 Å². The first-order chi connectivity index (χ1) is 6.22. The Kier molecular flexibility index (Phi) is 2.02. The first-order valence-corrected chi connectivity index (χ1v) is 4.56. The first kappa shape index (κ1) is 8.60. The summed E-state index contributed by atoms with van der Waals surface area (Å²) in [5.74, 6) is 0. The average molecular weight is 195 g/mol. The van der Waals surface area contributed by atoms with E-state index >= 15 is 0 Å². The van der Waals surface area contributed by atoms with Crippen molar-refractivity contribution < 1.29 is 0 Å². The highest BCUT2D eigenvalue weighted by Gasteiger charge is 2.04. The predicted octanol–water partition coefficient (Wildman–Crippen LogP) is 2.59. The van der Waals surface area contributed by atoms with E-state index in [-0.39, 0.29) is 0 Å². The first-order valence-electron chi connectivity index (χ1n) is 4.18. The number of nitrogens with two attached hydrogens (primary N) is 1. The second-order valence-corrected chi connectivity index (χ2v) is 3.57. The number of hydrogen-bond acceptors (Lipinski definition) is 1. The molecule has 0 aliphatic carbocycles. The second kappa shape index (κ2) is 3.05. The summed E-state index contributed by atoms with van der Waals surface area (Å²) < 4.78 is 0. The molecular formula is C10H11ClN2. The monoisotopic (exact) mass is 194 g/mol. The molecule has 0 saturated carbocycles. The van der Waals surface area contributed by atoms with E-state index in [1.165, 1.54) is 5.56 Å². The highest BCUT2D eigenvalue weighted by molar-refractivity contribution is 6.35. The average Bonchev–Trinajstić information content (AvgIpc) is 2.46. The molecule has 3 N–H and O–H groups in total. The highest BCUT2D eigenvalue weighted by Crippen LogP contribution is 2.25. The predicted molar refractivity (Wildman–Crippen MR) is 55.9 cm³/mol. The van der Waals surface area contributed by atoms with Crippen LogP contribution in [0.4, 0.5) is 0 Å². The van der Waals surface area contributed by atoms with Crippen LogP contribution in [-0.2, 0) is 6.54 Å². The fourth-order valence-corrected chi connectivity index (χ4v) is 1.72. The minimum Gasteiger partial charge on any atom is -0.360 e. The molecule has 2 rings (SSSR count). The Morgan fingerprint density at radius 2 is 2.23 bits per heavy atom. The third-order valence-corrected chi connectivity index (χ3v) is 2.62. The van der Waals surface area contributed by atoms with Gasteiger partial charge in [-0.2, -0.15) is 0 Å². The molecule has 0 atom stereocenters. The molecular weight excluding hydrogens is 184 g/mol. The van der Waals surface area contributed by atoms with Crippen molar-refractivity contribution in [3.8, 4) is 0 Å². The Labute approximate surface area is 81.7 Å². The zero-order chi connectivity index (χ0) is 9.42. The van der Waals surface area contributed by atoms with Gasteiger partial charge < -0.3 is 10.7 Å². The van der Waals surface area contributed by atoms with Crippen LogP contribution in [0.1, 0.15) is 11.1 Å². The molecule has 2 nitrogen and oxygen atoms in total. The van der Waals surface area contributed by atoms with Gasteiger partial charge in [0, 0.05) is 23.6 Å². The zero-order valence-corrected chi connectivity index (χ0v) is 8.15. The van der Waals surface area contributed by atoms with Gasteiger partial charge in [0.05, 0.1) is 5.02 Å². The molecule has 1 aromatic carbocycles. The molecule has 1 aromatic heterocycles. The highest BCUT2D eigenvalue weighted by atomic mass is 35.5. The van der Waals surface area contributed by atoms with E-state index in [1.807, 2.05) is 6.07 Å². The van der Waals surface area contributed by atoms with Crippen LogP contribution in [0, 0.1) is 6.92 Å². The van der Waals surface area contributed by atoms with E-state index in [9.17, 15) is 0 Å². The van der Waals surface area contributed by atoms with Gasteiger partial charge in [0.2, 0.25) is 0 Å². The van der Waals surface area contributed by atoms with Crippen molar-refractivity contribution in [1.29, 1.82) is 0 Å². The Balaban J connectivity index is 2.77. The summed E-state index contributed by atoms with van der Waals surface area (Å²) in [4.78, 5) is 3.11. The number of H-pyrrole nitrogens is 1. The van der Waals surface area contributed by atoms with Crippen molar-refractivity contribution in [2.75, 3.05) is 0 Å². The van der Waals surface area contributed by atoms with Gasteiger partial charge in [-0.1, -0.05) is 11.6 Å². The van der Waals surface area contributed by atoms with Crippen LogP contribution in [0.3, 0.4) is 0 Å². The van der Waals surface area contributed by atoms with Crippen LogP contribution in [0.25, 0.3) is 10.9 Å². The quantitative estimate of drug-likeness (QED) is 0.720. The van der Waals surface area contributed by atoms with Gasteiger partial charge in [0.25, 0.3) is 0 Å². The maximum atomic E-state index is 5.98. The maximum absolute atomic E-state index is 5.98. The molecule has 0 amide bonds. The SMILES string of the molecule is Cc1cc2[nH]cc(Cl)c2cc1CN. The van der Waals surface area contributed by atoms with Crippen LogP contribution in [0.15, 0.2) is 18.3 Å². The van der Waals surface area contributed by atoms with Gasteiger partial charge in [-0.05, 0) is 30.2 Å². The smallest absolute Gasteiger partial charge is 0.0659 e. The van der Waals surface area contributed by atoms with E-state index in [2.05, 4.69) is 18.0 Å². The Morgan fingerprint density at radius 3 is 2.92 bits per heavy atom. The molecule has 0 spiro atoms. The van der Waals surface area contributed by atoms with Gasteiger partial charge in [-0.15, -0.1) is 0 Å². The third kappa shape index (κ3) is 1.32. The van der Waals surface area contributed by atoms with Gasteiger partial charge in [-0.25, -0.2) is 0 Å². The number of halogens is 1. The van der Waals surface area contributed by atoms with Crippen LogP contribution in [-0.4, -0.2) is 4.98 Å². The van der Waals surface area contributed by atoms with E-state index < -0.39 is 0 Å². The van der Waals surface area contributed by atoms with E-state index in [1.54, 1.807) is 6.20 Å². The molecule has 2 aromatic rings. The normalized spacial score (nSPS) is 11.0. The Morgan fingerprint density at radius 1 is 1.46 bits per heavy atom. The summed E-state index contributed by atoms with van der Waals surface area (Å²) in [7, 11) is 0. The summed E-state index contributed by atoms with van der Waals surface area (Å²) in [6.07, 6.45) is 1.80. The van der Waals surface area contributed by atoms with Gasteiger partial charge in [0.15, 0.2) is 0 Å². The summed E-state index contributed by atoms with van der Waals surface area (Å²) in [5, 5.41) is 1.80. The van der Waals surface area contributed by atoms with Crippen molar-refractivity contribution in [1.82, 2.24) is 4.98 Å². The fourth-order valence-electron chi connectivity index (χ4n) is 1.51. The lowest BCUT2D eigenvalue weighted by Crippen LogP contribution is -1.98. The molecule has 0 aliphatic heterocycles. The molecule has 0 unspecified atom stereocenters. The van der Waals surface area contributed by atoms with Crippen molar-refractivity contribution in [3.63, 3.8) is 0 Å². The lowest BCUT2D eigenvalue weighted by molar-refractivity contribution is 1.05. The third-order valence-electron chi connectivity index (χ3n) is 2.31. The number of fused-ring (bicyclic) bond motifs is 1. The lowest BCUT2D eigenvalue weighted by Gasteiger charge is -2.02. The number of nitrogens with one attached hydrogen (secondary N) is 1. The standard InChI is InChI=1S/C10H11ClN2/c1-6-2-10-8(3-7(6)4-12)9(11)5-13-10/h2-3,5,13H,4,12H2,1H3. The number of benzene rings is 1. The largest absolute Gasteiger partial charge is 0.360 e. The maximum Gasteiger partial charge on any atom is 0.0659 e. The minimum absolute atomic E-state index is 0.559. The van der Waals surface area contributed by atoms with Gasteiger partial charge >= 0.3 is 0 Å². The van der Waals surface area contributed by atoms with Crippen molar-refractivity contribution >= 4 is 22.5 Å². The molecule has 0 bridgehead atoms. The van der Waals surface area contributed by atoms with Gasteiger partial charge in [-0.3, -0.25) is 0 Å². The molecule has 1 heterocycles. The molecule has 0 aliphatic rings. The van der Waals surface area contributed by atoms with Crippen LogP contribution in [0.2, 0.25) is 5.02 Å². The number of aromatic amines is 1. The van der Waals surface area contributed by atoms with Gasteiger partial charge in [0.1, 0.15) is 0 Å². The summed E-state index contributed by atoms with van der Waals surface area (Å²) in [5.41, 5.74) is 9.03. The Bertz CT molecular complexity index is 445. The van der Waals surface area contributed by atoms with Crippen LogP contribution in [0.5, 0.6) is 0 Å². The zero-order valence-electron chi connectivity index (χ0n) is 7.39. The Hall–Kier alpha value is -0.990. The molecule has 3 heteroatoms.